The highest BCUT2D eigenvalue weighted by molar-refractivity contribution is 5.66. The van der Waals surface area contributed by atoms with Gasteiger partial charge >= 0.3 is 11.9 Å². The van der Waals surface area contributed by atoms with Crippen LogP contribution in [0, 0.1) is 51.2 Å². The van der Waals surface area contributed by atoms with Crippen molar-refractivity contribution in [1.82, 2.24) is 0 Å². The molecular formula is C41H70O12. The van der Waals surface area contributed by atoms with Crippen molar-refractivity contribution in [1.29, 1.82) is 0 Å². The Hall–Kier alpha value is -1.38. The van der Waals surface area contributed by atoms with Crippen molar-refractivity contribution >= 4 is 11.9 Å². The number of rotatable bonds is 11. The van der Waals surface area contributed by atoms with Crippen LogP contribution in [0.1, 0.15) is 121 Å². The predicted octanol–water partition coefficient (Wildman–Crippen LogP) is 4.14. The summed E-state index contributed by atoms with van der Waals surface area (Å²) in [5.41, 5.74) is -2.03. The van der Waals surface area contributed by atoms with Gasteiger partial charge in [0.05, 0.1) is 17.8 Å². The SMILES string of the molecule is COC(C)(C)[C@@H](O)[C@H](O)C[C@@H](C)[C@@H]1CC[C@]2(C)[C@@H]1CC[C@@H]1[C@@]3(C)CC[C@@H](OC(C)=O)C(C)(C)[C@@H]3C[C@@H](O[C@@H]3O[C@H](COC(C)=O)[C@@H](O)[C@H](O)[C@H]3O)[C@]12C. The summed E-state index contributed by atoms with van der Waals surface area (Å²) in [6.45, 7) is 19.7. The Labute approximate surface area is 316 Å². The second-order valence-electron chi connectivity index (χ2n) is 19.4. The van der Waals surface area contributed by atoms with E-state index in [4.69, 9.17) is 23.7 Å². The lowest BCUT2D eigenvalue weighted by atomic mass is 9.34. The zero-order valence-corrected chi connectivity index (χ0v) is 34.0. The second kappa shape index (κ2) is 15.2. The maximum atomic E-state index is 12.3. The minimum Gasteiger partial charge on any atom is -0.463 e. The molecule has 0 spiro atoms. The van der Waals surface area contributed by atoms with E-state index in [1.54, 1.807) is 21.0 Å². The van der Waals surface area contributed by atoms with Gasteiger partial charge in [0.25, 0.3) is 0 Å². The molecule has 5 aliphatic rings. The predicted molar refractivity (Wildman–Crippen MR) is 195 cm³/mol. The van der Waals surface area contributed by atoms with E-state index in [0.717, 1.165) is 38.5 Å². The second-order valence-corrected chi connectivity index (χ2v) is 19.4. The molecule has 4 aliphatic carbocycles. The Morgan fingerprint density at radius 3 is 2.13 bits per heavy atom. The quantitative estimate of drug-likeness (QED) is 0.151. The van der Waals surface area contributed by atoms with Gasteiger partial charge in [0.2, 0.25) is 0 Å². The van der Waals surface area contributed by atoms with Crippen LogP contribution in [0.5, 0.6) is 0 Å². The number of carbonyl (C=O) groups is 2. The molecule has 12 heteroatoms. The van der Waals surface area contributed by atoms with Crippen molar-refractivity contribution in [2.75, 3.05) is 13.7 Å². The van der Waals surface area contributed by atoms with Crippen LogP contribution in [-0.4, -0.2) is 112 Å². The molecule has 5 rings (SSSR count). The molecule has 1 aliphatic heterocycles. The van der Waals surface area contributed by atoms with E-state index in [1.807, 2.05) is 0 Å². The van der Waals surface area contributed by atoms with Crippen LogP contribution >= 0.6 is 0 Å². The van der Waals surface area contributed by atoms with Crippen LogP contribution in [-0.2, 0) is 33.3 Å². The van der Waals surface area contributed by atoms with Gasteiger partial charge in [-0.3, -0.25) is 9.59 Å². The molecule has 0 aromatic heterocycles. The van der Waals surface area contributed by atoms with Crippen molar-refractivity contribution in [3.63, 3.8) is 0 Å². The van der Waals surface area contributed by atoms with E-state index in [1.165, 1.54) is 13.8 Å². The first-order valence-corrected chi connectivity index (χ1v) is 20.0. The maximum Gasteiger partial charge on any atom is 0.302 e. The van der Waals surface area contributed by atoms with E-state index >= 15 is 0 Å². The third-order valence-electron chi connectivity index (χ3n) is 16.1. The topological polar surface area (TPSA) is 181 Å². The number of ether oxygens (including phenoxy) is 5. The van der Waals surface area contributed by atoms with Crippen LogP contribution in [0.25, 0.3) is 0 Å². The highest BCUT2D eigenvalue weighted by Crippen LogP contribution is 2.76. The maximum absolute atomic E-state index is 12.3. The zero-order valence-electron chi connectivity index (χ0n) is 34.0. The highest BCUT2D eigenvalue weighted by atomic mass is 16.7. The first-order chi connectivity index (χ1) is 24.5. The van der Waals surface area contributed by atoms with Crippen LogP contribution in [0.4, 0.5) is 0 Å². The van der Waals surface area contributed by atoms with Crippen LogP contribution in [0.15, 0.2) is 0 Å². The number of methoxy groups -OCH3 is 1. The number of aliphatic hydroxyl groups is 5. The molecule has 0 aromatic rings. The highest BCUT2D eigenvalue weighted by Gasteiger charge is 2.72. The molecule has 1 heterocycles. The number of aliphatic hydroxyl groups excluding tert-OH is 5. The normalized spacial score (nSPS) is 45.5. The van der Waals surface area contributed by atoms with Gasteiger partial charge in [-0.05, 0) is 106 Å². The molecule has 5 fully saturated rings. The Balaban J connectivity index is 1.52. The minimum atomic E-state index is -1.58. The molecule has 0 aromatic carbocycles. The van der Waals surface area contributed by atoms with Crippen molar-refractivity contribution < 1.29 is 58.8 Å². The summed E-state index contributed by atoms with van der Waals surface area (Å²) in [6, 6.07) is 0. The first kappa shape index (κ1) is 42.8. The third kappa shape index (κ3) is 7.23. The summed E-state index contributed by atoms with van der Waals surface area (Å²) in [6.07, 6.45) is -3.12. The average molecular weight is 755 g/mol. The number of hydrogen-bond acceptors (Lipinski definition) is 12. The van der Waals surface area contributed by atoms with Gasteiger partial charge in [-0.15, -0.1) is 0 Å². The molecular weight excluding hydrogens is 684 g/mol. The summed E-state index contributed by atoms with van der Waals surface area (Å²) in [7, 11) is 1.54. The number of esters is 2. The Bertz CT molecular complexity index is 1320. The molecule has 0 unspecified atom stereocenters. The fourth-order valence-corrected chi connectivity index (χ4v) is 12.8. The lowest BCUT2D eigenvalue weighted by Crippen LogP contribution is -2.70. The van der Waals surface area contributed by atoms with Crippen molar-refractivity contribution in [3.8, 4) is 0 Å². The van der Waals surface area contributed by atoms with E-state index in [9.17, 15) is 35.1 Å². The van der Waals surface area contributed by atoms with Gasteiger partial charge in [0, 0.05) is 31.8 Å². The molecule has 1 saturated heterocycles. The minimum absolute atomic E-state index is 0.0845. The van der Waals surface area contributed by atoms with E-state index < -0.39 is 71.4 Å². The van der Waals surface area contributed by atoms with E-state index in [0.29, 0.717) is 24.7 Å². The fourth-order valence-electron chi connectivity index (χ4n) is 12.8. The monoisotopic (exact) mass is 754 g/mol. The van der Waals surface area contributed by atoms with Gasteiger partial charge in [-0.2, -0.15) is 0 Å². The summed E-state index contributed by atoms with van der Waals surface area (Å²) >= 11 is 0. The molecule has 0 amide bonds. The lowest BCUT2D eigenvalue weighted by Gasteiger charge is -2.72. The van der Waals surface area contributed by atoms with Crippen molar-refractivity contribution in [3.05, 3.63) is 0 Å². The summed E-state index contributed by atoms with van der Waals surface area (Å²) in [5, 5.41) is 55.3. The fraction of sp³-hybridized carbons (Fsp3) is 0.951. The molecule has 53 heavy (non-hydrogen) atoms. The molecule has 17 atom stereocenters. The molecule has 5 N–H and O–H groups in total. The largest absolute Gasteiger partial charge is 0.463 e. The first-order valence-electron chi connectivity index (χ1n) is 20.0. The van der Waals surface area contributed by atoms with Crippen molar-refractivity contribution in [2.24, 2.45) is 51.2 Å². The van der Waals surface area contributed by atoms with Crippen LogP contribution < -0.4 is 0 Å². The standard InChI is InChI=1S/C41H70O12/c1-21(18-26(44)35(48)38(6,7)49-11)24-14-17-40(9)25(24)12-13-28-39(8)16-15-30(51-23(3)43)37(4,5)29(39)19-31(41(28,40)10)53-36-34(47)33(46)32(45)27(52-36)20-50-22(2)42/h21,24-36,44-48H,12-20H2,1-11H3/t21-,24+,25-,26-,27-,28-,29+,30-,31-,32-,33+,34-,35+,36+,39-,40-,41+/m1/s1. The van der Waals surface area contributed by atoms with Gasteiger partial charge in [-0.25, -0.2) is 0 Å². The number of hydrogen-bond donors (Lipinski definition) is 5. The molecule has 0 bridgehead atoms. The van der Waals surface area contributed by atoms with Gasteiger partial charge < -0.3 is 49.2 Å². The molecule has 306 valence electrons. The Kier molecular flexibility index (Phi) is 12.2. The molecule has 4 saturated carbocycles. The zero-order chi connectivity index (χ0) is 39.6. The number of fused-ring (bicyclic) bond motifs is 5. The molecule has 12 nitrogen and oxygen atoms in total. The van der Waals surface area contributed by atoms with E-state index in [2.05, 4.69) is 41.5 Å². The van der Waals surface area contributed by atoms with Gasteiger partial charge in [0.1, 0.15) is 43.2 Å². The third-order valence-corrected chi connectivity index (χ3v) is 16.1. The summed E-state index contributed by atoms with van der Waals surface area (Å²) in [5.74, 6) is 0.165. The van der Waals surface area contributed by atoms with Crippen LogP contribution in [0.3, 0.4) is 0 Å². The van der Waals surface area contributed by atoms with Crippen LogP contribution in [0.2, 0.25) is 0 Å². The lowest BCUT2D eigenvalue weighted by molar-refractivity contribution is -0.350. The summed E-state index contributed by atoms with van der Waals surface area (Å²) in [4.78, 5) is 23.9. The smallest absolute Gasteiger partial charge is 0.302 e. The van der Waals surface area contributed by atoms with E-state index in [-0.39, 0.29) is 47.3 Å². The summed E-state index contributed by atoms with van der Waals surface area (Å²) < 4.78 is 29.8. The van der Waals surface area contributed by atoms with Gasteiger partial charge in [-0.1, -0.05) is 41.5 Å². The molecule has 0 radical (unpaired) electrons. The number of carbonyl (C=O) groups excluding carboxylic acids is 2. The Morgan fingerprint density at radius 1 is 0.868 bits per heavy atom. The average Bonchev–Trinajstić information content (AvgIpc) is 3.44. The van der Waals surface area contributed by atoms with Gasteiger partial charge in [0.15, 0.2) is 6.29 Å². The Morgan fingerprint density at radius 2 is 1.53 bits per heavy atom. The van der Waals surface area contributed by atoms with Crippen molar-refractivity contribution in [2.45, 2.75) is 181 Å².